The van der Waals surface area contributed by atoms with Gasteiger partial charge in [0.15, 0.2) is 0 Å². The van der Waals surface area contributed by atoms with Gasteiger partial charge in [-0.2, -0.15) is 11.8 Å². The van der Waals surface area contributed by atoms with Crippen LogP contribution in [0.2, 0.25) is 0 Å². The first-order chi connectivity index (χ1) is 10.0. The van der Waals surface area contributed by atoms with Crippen molar-refractivity contribution in [2.75, 3.05) is 11.5 Å². The highest BCUT2D eigenvalue weighted by atomic mass is 32.2. The lowest BCUT2D eigenvalue weighted by Gasteiger charge is -2.11. The zero-order valence-electron chi connectivity index (χ0n) is 11.3. The van der Waals surface area contributed by atoms with Gasteiger partial charge in [-0.05, 0) is 35.5 Å². The second kappa shape index (κ2) is 6.95. The van der Waals surface area contributed by atoms with E-state index in [9.17, 15) is 14.4 Å². The normalized spacial score (nSPS) is 15.2. The van der Waals surface area contributed by atoms with E-state index in [1.165, 1.54) is 23.1 Å². The molecule has 6 nitrogen and oxygen atoms in total. The molecule has 2 amide bonds. The minimum Gasteiger partial charge on any atom is -0.481 e. The largest absolute Gasteiger partial charge is 0.481 e. The first kappa shape index (κ1) is 15.8. The van der Waals surface area contributed by atoms with Crippen molar-refractivity contribution in [3.05, 3.63) is 22.4 Å². The molecule has 1 aromatic rings. The van der Waals surface area contributed by atoms with Gasteiger partial charge >= 0.3 is 5.97 Å². The monoisotopic (exact) mass is 328 g/mol. The summed E-state index contributed by atoms with van der Waals surface area (Å²) in [5.41, 5.74) is 4.57. The number of carbonyl (C=O) groups excluding carboxylic acids is 2. The lowest BCUT2D eigenvalue weighted by Crippen LogP contribution is -2.42. The molecule has 3 N–H and O–H groups in total. The third kappa shape index (κ3) is 5.05. The summed E-state index contributed by atoms with van der Waals surface area (Å²) in [4.78, 5) is 34.4. The zero-order valence-corrected chi connectivity index (χ0v) is 12.9. The third-order valence-electron chi connectivity index (χ3n) is 3.19. The van der Waals surface area contributed by atoms with E-state index in [0.717, 1.165) is 12.8 Å². The summed E-state index contributed by atoms with van der Waals surface area (Å²) < 4.78 is 0. The van der Waals surface area contributed by atoms with Crippen molar-refractivity contribution in [1.29, 1.82) is 0 Å². The van der Waals surface area contributed by atoms with Crippen LogP contribution >= 0.6 is 23.1 Å². The number of carbonyl (C=O) groups is 3. The molecule has 21 heavy (non-hydrogen) atoms. The van der Waals surface area contributed by atoms with Crippen LogP contribution < -0.4 is 10.9 Å². The van der Waals surface area contributed by atoms with E-state index in [1.807, 2.05) is 0 Å². The summed E-state index contributed by atoms with van der Waals surface area (Å²) in [5.74, 6) is -0.567. The molecule has 0 radical (unpaired) electrons. The third-order valence-corrected chi connectivity index (χ3v) is 5.34. The molecule has 1 fully saturated rings. The standard InChI is InChI=1S/C13H16N2O4S2/c16-10(14-15-12(19)9-2-1-5-21-9)7-20-8-13(3-4-13)6-11(17)18/h1-2,5H,3-4,6-8H2,(H,14,16)(H,15,19)(H,17,18). The predicted octanol–water partition coefficient (Wildman–Crippen LogP) is 1.50. The molecule has 114 valence electrons. The Morgan fingerprint density at radius 3 is 2.67 bits per heavy atom. The molecule has 0 aromatic carbocycles. The van der Waals surface area contributed by atoms with Crippen LogP contribution in [0.15, 0.2) is 17.5 Å². The van der Waals surface area contributed by atoms with Gasteiger partial charge in [0.2, 0.25) is 5.91 Å². The topological polar surface area (TPSA) is 95.5 Å². The molecule has 1 saturated carbocycles. The molecule has 1 aromatic heterocycles. The molecule has 1 aliphatic rings. The van der Waals surface area contributed by atoms with E-state index in [2.05, 4.69) is 10.9 Å². The molecule has 0 atom stereocenters. The van der Waals surface area contributed by atoms with Gasteiger partial charge in [-0.3, -0.25) is 25.2 Å². The Hall–Kier alpha value is -1.54. The van der Waals surface area contributed by atoms with Crippen LogP contribution in [-0.2, 0) is 9.59 Å². The molecular formula is C13H16N2O4S2. The molecule has 1 heterocycles. The summed E-state index contributed by atoms with van der Waals surface area (Å²) in [6, 6.07) is 3.43. The van der Waals surface area contributed by atoms with Crippen LogP contribution in [0.3, 0.4) is 0 Å². The maximum absolute atomic E-state index is 11.6. The fourth-order valence-corrected chi connectivity index (χ4v) is 3.66. The highest BCUT2D eigenvalue weighted by Crippen LogP contribution is 2.50. The van der Waals surface area contributed by atoms with Crippen molar-refractivity contribution in [3.63, 3.8) is 0 Å². The van der Waals surface area contributed by atoms with Crippen LogP contribution in [0.1, 0.15) is 28.9 Å². The van der Waals surface area contributed by atoms with Crippen LogP contribution in [0, 0.1) is 5.41 Å². The summed E-state index contributed by atoms with van der Waals surface area (Å²) in [6.07, 6.45) is 1.97. The van der Waals surface area contributed by atoms with Gasteiger partial charge in [0, 0.05) is 0 Å². The van der Waals surface area contributed by atoms with Gasteiger partial charge in [-0.25, -0.2) is 0 Å². The number of hydrogen-bond acceptors (Lipinski definition) is 5. The first-order valence-electron chi connectivity index (χ1n) is 6.43. The number of thiophene rings is 1. The molecule has 1 aliphatic carbocycles. The minimum atomic E-state index is -0.791. The number of hydrazine groups is 1. The van der Waals surface area contributed by atoms with E-state index < -0.39 is 5.97 Å². The number of hydrogen-bond donors (Lipinski definition) is 3. The molecule has 0 spiro atoms. The van der Waals surface area contributed by atoms with Crippen LogP contribution in [0.25, 0.3) is 0 Å². The second-order valence-electron chi connectivity index (χ2n) is 5.04. The average molecular weight is 328 g/mol. The van der Waals surface area contributed by atoms with Crippen LogP contribution in [0.5, 0.6) is 0 Å². The molecule has 0 aliphatic heterocycles. The molecular weight excluding hydrogens is 312 g/mol. The Morgan fingerprint density at radius 2 is 2.10 bits per heavy atom. The minimum absolute atomic E-state index is 0.128. The van der Waals surface area contributed by atoms with Crippen LogP contribution in [0.4, 0.5) is 0 Å². The van der Waals surface area contributed by atoms with Gasteiger partial charge < -0.3 is 5.11 Å². The van der Waals surface area contributed by atoms with Crippen molar-refractivity contribution < 1.29 is 19.5 Å². The smallest absolute Gasteiger partial charge is 0.303 e. The Kier molecular flexibility index (Phi) is 5.24. The van der Waals surface area contributed by atoms with Gasteiger partial charge in [-0.1, -0.05) is 6.07 Å². The Labute approximate surface area is 130 Å². The number of aliphatic carboxylic acids is 1. The van der Waals surface area contributed by atoms with Crippen molar-refractivity contribution in [2.24, 2.45) is 5.41 Å². The Morgan fingerprint density at radius 1 is 1.33 bits per heavy atom. The summed E-state index contributed by atoms with van der Waals surface area (Å²) in [6.45, 7) is 0. The quantitative estimate of drug-likeness (QED) is 0.659. The highest BCUT2D eigenvalue weighted by molar-refractivity contribution is 7.99. The van der Waals surface area contributed by atoms with E-state index in [0.29, 0.717) is 10.6 Å². The van der Waals surface area contributed by atoms with E-state index in [4.69, 9.17) is 5.11 Å². The summed E-state index contributed by atoms with van der Waals surface area (Å²) in [5, 5.41) is 10.6. The highest BCUT2D eigenvalue weighted by Gasteiger charge is 2.44. The van der Waals surface area contributed by atoms with Gasteiger partial charge in [-0.15, -0.1) is 11.3 Å². The van der Waals surface area contributed by atoms with E-state index in [1.54, 1.807) is 17.5 Å². The SMILES string of the molecule is O=C(O)CC1(CSCC(=O)NNC(=O)c2cccs2)CC1. The van der Waals surface area contributed by atoms with Crippen molar-refractivity contribution in [2.45, 2.75) is 19.3 Å². The average Bonchev–Trinajstić information content (AvgIpc) is 2.96. The number of nitrogens with one attached hydrogen (secondary N) is 2. The number of rotatable bonds is 7. The van der Waals surface area contributed by atoms with Gasteiger partial charge in [0.1, 0.15) is 0 Å². The lowest BCUT2D eigenvalue weighted by molar-refractivity contribution is -0.138. The van der Waals surface area contributed by atoms with Crippen molar-refractivity contribution >= 4 is 40.9 Å². The van der Waals surface area contributed by atoms with Crippen molar-refractivity contribution in [3.8, 4) is 0 Å². The van der Waals surface area contributed by atoms with E-state index >= 15 is 0 Å². The number of thioether (sulfide) groups is 1. The summed E-state index contributed by atoms with van der Waals surface area (Å²) >= 11 is 2.69. The van der Waals surface area contributed by atoms with Gasteiger partial charge in [0.05, 0.1) is 17.1 Å². The first-order valence-corrected chi connectivity index (χ1v) is 8.46. The molecule has 0 saturated heterocycles. The molecule has 8 heteroatoms. The Bertz CT molecular complexity index is 526. The molecule has 0 bridgehead atoms. The van der Waals surface area contributed by atoms with Gasteiger partial charge in [0.25, 0.3) is 5.91 Å². The number of carboxylic acids is 1. The number of amides is 2. The fourth-order valence-electron chi connectivity index (χ4n) is 1.86. The van der Waals surface area contributed by atoms with Crippen LogP contribution in [-0.4, -0.2) is 34.4 Å². The maximum atomic E-state index is 11.6. The van der Waals surface area contributed by atoms with E-state index in [-0.39, 0.29) is 29.4 Å². The molecule has 0 unspecified atom stereocenters. The lowest BCUT2D eigenvalue weighted by atomic mass is 10.1. The fraction of sp³-hybridized carbons (Fsp3) is 0.462. The molecule has 2 rings (SSSR count). The van der Waals surface area contributed by atoms with Crippen molar-refractivity contribution in [1.82, 2.24) is 10.9 Å². The predicted molar refractivity (Wildman–Crippen MR) is 81.2 cm³/mol. The second-order valence-corrected chi connectivity index (χ2v) is 6.98. The number of carboxylic acid groups (broad SMARTS) is 1. The zero-order chi connectivity index (χ0) is 15.3. The Balaban J connectivity index is 1.62. The summed E-state index contributed by atoms with van der Waals surface area (Å²) in [7, 11) is 0. The maximum Gasteiger partial charge on any atom is 0.303 e.